The Labute approximate surface area is 196 Å². The van der Waals surface area contributed by atoms with E-state index in [0.29, 0.717) is 12.8 Å². The molecular formula is C26H35N3O4. The van der Waals surface area contributed by atoms with Gasteiger partial charge in [0.2, 0.25) is 23.6 Å². The predicted molar refractivity (Wildman–Crippen MR) is 126 cm³/mol. The van der Waals surface area contributed by atoms with Crippen molar-refractivity contribution in [2.24, 2.45) is 11.8 Å². The highest BCUT2D eigenvalue weighted by atomic mass is 16.2. The maximum absolute atomic E-state index is 13.3. The smallest absolute Gasteiger partial charge is 0.242 e. The molecule has 1 fully saturated rings. The average Bonchev–Trinajstić information content (AvgIpc) is 3.00. The summed E-state index contributed by atoms with van der Waals surface area (Å²) in [5.74, 6) is -1.50. The molecule has 3 rings (SSSR count). The van der Waals surface area contributed by atoms with Gasteiger partial charge in [-0.3, -0.25) is 24.1 Å². The molecule has 2 aliphatic rings. The van der Waals surface area contributed by atoms with Crippen LogP contribution in [0.4, 0.5) is 0 Å². The highest BCUT2D eigenvalue weighted by Gasteiger charge is 2.47. The normalized spacial score (nSPS) is 21.1. The maximum Gasteiger partial charge on any atom is 0.242 e. The second-order valence-electron chi connectivity index (χ2n) is 10.2. The van der Waals surface area contributed by atoms with Crippen LogP contribution in [-0.4, -0.2) is 51.6 Å². The van der Waals surface area contributed by atoms with E-state index in [0.717, 1.165) is 11.1 Å². The number of imide groups is 1. The van der Waals surface area contributed by atoms with E-state index in [4.69, 9.17) is 0 Å². The van der Waals surface area contributed by atoms with Crippen molar-refractivity contribution >= 4 is 23.6 Å². The van der Waals surface area contributed by atoms with Crippen LogP contribution < -0.4 is 5.32 Å². The quantitative estimate of drug-likeness (QED) is 0.508. The Morgan fingerprint density at radius 3 is 2.12 bits per heavy atom. The lowest BCUT2D eigenvalue weighted by Gasteiger charge is -2.32. The number of allylic oxidation sites excluding steroid dienone is 2. The molecule has 1 aromatic carbocycles. The Balaban J connectivity index is 1.72. The topological polar surface area (TPSA) is 86.8 Å². The van der Waals surface area contributed by atoms with E-state index < -0.39 is 11.6 Å². The molecule has 1 aliphatic heterocycles. The van der Waals surface area contributed by atoms with Crippen LogP contribution in [0.1, 0.15) is 58.1 Å². The number of amides is 4. The van der Waals surface area contributed by atoms with Gasteiger partial charge in [0.1, 0.15) is 6.04 Å². The molecule has 1 saturated heterocycles. The summed E-state index contributed by atoms with van der Waals surface area (Å²) in [7, 11) is 0. The first-order chi connectivity index (χ1) is 15.5. The van der Waals surface area contributed by atoms with Crippen molar-refractivity contribution in [3.05, 3.63) is 47.5 Å². The molecular weight excluding hydrogens is 418 g/mol. The number of likely N-dealkylation sites (tertiary alicyclic amines) is 1. The van der Waals surface area contributed by atoms with Gasteiger partial charge in [-0.1, -0.05) is 42.0 Å². The van der Waals surface area contributed by atoms with Crippen molar-refractivity contribution in [1.82, 2.24) is 15.1 Å². The fourth-order valence-corrected chi connectivity index (χ4v) is 4.39. The zero-order valence-electron chi connectivity index (χ0n) is 20.3. The lowest BCUT2D eigenvalue weighted by Crippen LogP contribution is -2.52. The molecule has 1 aromatic rings. The number of nitrogens with one attached hydrogen (secondary N) is 1. The molecule has 1 N–H and O–H groups in total. The van der Waals surface area contributed by atoms with Crippen molar-refractivity contribution in [1.29, 1.82) is 0 Å². The number of hydrogen-bond acceptors (Lipinski definition) is 4. The second-order valence-corrected chi connectivity index (χ2v) is 10.2. The fraction of sp³-hybridized carbons (Fsp3) is 0.538. The van der Waals surface area contributed by atoms with Crippen LogP contribution in [0, 0.1) is 18.8 Å². The minimum atomic E-state index is -0.699. The van der Waals surface area contributed by atoms with E-state index in [-0.39, 0.29) is 55.0 Å². The van der Waals surface area contributed by atoms with Crippen molar-refractivity contribution < 1.29 is 19.2 Å². The standard InChI is InChI=1S/C26H35N3O4/c1-17-10-12-19(13-11-17)16-29(18(2)23(31)27-26(3,4)5)22(30)14-15-28-24(32)20-8-6-7-9-21(20)25(28)33/h6-7,10-13,18,20-21H,8-9,14-16H2,1-5H3,(H,27,31)/t18-,20-,21+/m0/s1. The van der Waals surface area contributed by atoms with Gasteiger partial charge in [0.25, 0.3) is 0 Å². The summed E-state index contributed by atoms with van der Waals surface area (Å²) >= 11 is 0. The summed E-state index contributed by atoms with van der Waals surface area (Å²) in [4.78, 5) is 54.4. The minimum Gasteiger partial charge on any atom is -0.350 e. The summed E-state index contributed by atoms with van der Waals surface area (Å²) in [5.41, 5.74) is 1.59. The van der Waals surface area contributed by atoms with E-state index in [2.05, 4.69) is 5.32 Å². The average molecular weight is 454 g/mol. The number of benzene rings is 1. The molecule has 4 amide bonds. The van der Waals surface area contributed by atoms with Gasteiger partial charge in [0, 0.05) is 25.0 Å². The van der Waals surface area contributed by atoms with Gasteiger partial charge in [0.15, 0.2) is 0 Å². The first-order valence-electron chi connectivity index (χ1n) is 11.6. The summed E-state index contributed by atoms with van der Waals surface area (Å²) < 4.78 is 0. The van der Waals surface area contributed by atoms with Crippen LogP contribution in [0.2, 0.25) is 0 Å². The molecule has 7 heteroatoms. The Kier molecular flexibility index (Phi) is 7.40. The number of nitrogens with zero attached hydrogens (tertiary/aromatic N) is 2. The van der Waals surface area contributed by atoms with Gasteiger partial charge in [0.05, 0.1) is 11.8 Å². The Morgan fingerprint density at radius 1 is 1.06 bits per heavy atom. The third-order valence-corrected chi connectivity index (χ3v) is 6.29. The molecule has 3 atom stereocenters. The highest BCUT2D eigenvalue weighted by Crippen LogP contribution is 2.35. The monoisotopic (exact) mass is 453 g/mol. The van der Waals surface area contributed by atoms with Gasteiger partial charge in [-0.25, -0.2) is 0 Å². The van der Waals surface area contributed by atoms with Crippen molar-refractivity contribution in [2.75, 3.05) is 6.54 Å². The van der Waals surface area contributed by atoms with Gasteiger partial charge in [-0.15, -0.1) is 0 Å². The van der Waals surface area contributed by atoms with Crippen LogP contribution in [0.3, 0.4) is 0 Å². The Morgan fingerprint density at radius 2 is 1.61 bits per heavy atom. The number of fused-ring (bicyclic) bond motifs is 1. The van der Waals surface area contributed by atoms with Gasteiger partial charge >= 0.3 is 0 Å². The molecule has 7 nitrogen and oxygen atoms in total. The molecule has 0 bridgehead atoms. The highest BCUT2D eigenvalue weighted by molar-refractivity contribution is 6.05. The summed E-state index contributed by atoms with van der Waals surface area (Å²) in [6, 6.07) is 7.12. The van der Waals surface area contributed by atoms with Crippen LogP contribution in [-0.2, 0) is 25.7 Å². The molecule has 33 heavy (non-hydrogen) atoms. The number of hydrogen-bond donors (Lipinski definition) is 1. The molecule has 0 unspecified atom stereocenters. The van der Waals surface area contributed by atoms with E-state index in [1.165, 1.54) is 9.80 Å². The van der Waals surface area contributed by atoms with Gasteiger partial charge < -0.3 is 10.2 Å². The first-order valence-corrected chi connectivity index (χ1v) is 11.6. The summed E-state index contributed by atoms with van der Waals surface area (Å²) in [6.07, 6.45) is 5.02. The molecule has 0 radical (unpaired) electrons. The molecule has 0 saturated carbocycles. The van der Waals surface area contributed by atoms with Crippen LogP contribution in [0.25, 0.3) is 0 Å². The second kappa shape index (κ2) is 9.89. The molecule has 0 aromatic heterocycles. The third kappa shape index (κ3) is 5.89. The molecule has 1 aliphatic carbocycles. The van der Waals surface area contributed by atoms with Gasteiger partial charge in [-0.2, -0.15) is 0 Å². The molecule has 1 heterocycles. The largest absolute Gasteiger partial charge is 0.350 e. The summed E-state index contributed by atoms with van der Waals surface area (Å²) in [6.45, 7) is 9.69. The lowest BCUT2D eigenvalue weighted by atomic mass is 9.85. The SMILES string of the molecule is Cc1ccc(CN(C(=O)CCN2C(=O)[C@H]3CC=CC[C@H]3C2=O)[C@@H](C)C(=O)NC(C)(C)C)cc1. The van der Waals surface area contributed by atoms with E-state index in [1.807, 2.05) is 64.1 Å². The van der Waals surface area contributed by atoms with Gasteiger partial charge in [-0.05, 0) is 53.0 Å². The zero-order valence-corrected chi connectivity index (χ0v) is 20.3. The van der Waals surface area contributed by atoms with Crippen molar-refractivity contribution in [3.63, 3.8) is 0 Å². The van der Waals surface area contributed by atoms with Crippen LogP contribution >= 0.6 is 0 Å². The van der Waals surface area contributed by atoms with Crippen molar-refractivity contribution in [3.8, 4) is 0 Å². The minimum absolute atomic E-state index is 0.0106. The number of carbonyl (C=O) groups excluding carboxylic acids is 4. The molecule has 0 spiro atoms. The number of rotatable bonds is 7. The van der Waals surface area contributed by atoms with E-state index >= 15 is 0 Å². The first kappa shape index (κ1) is 24.7. The lowest BCUT2D eigenvalue weighted by molar-refractivity contribution is -0.144. The Hall–Kier alpha value is -2.96. The Bertz CT molecular complexity index is 919. The third-order valence-electron chi connectivity index (χ3n) is 6.29. The van der Waals surface area contributed by atoms with Crippen LogP contribution in [0.5, 0.6) is 0 Å². The maximum atomic E-state index is 13.3. The van der Waals surface area contributed by atoms with Crippen molar-refractivity contribution in [2.45, 2.75) is 72.0 Å². The van der Waals surface area contributed by atoms with E-state index in [1.54, 1.807) is 6.92 Å². The number of carbonyl (C=O) groups is 4. The molecule has 178 valence electrons. The van der Waals surface area contributed by atoms with Crippen LogP contribution in [0.15, 0.2) is 36.4 Å². The van der Waals surface area contributed by atoms with E-state index in [9.17, 15) is 19.2 Å². The zero-order chi connectivity index (χ0) is 24.3. The number of aryl methyl sites for hydroxylation is 1. The predicted octanol–water partition coefficient (Wildman–Crippen LogP) is 2.97. The fourth-order valence-electron chi connectivity index (χ4n) is 4.39. The summed E-state index contributed by atoms with van der Waals surface area (Å²) in [5, 5.41) is 2.94.